The number of benzene rings is 3. The van der Waals surface area contributed by atoms with Gasteiger partial charge in [-0.05, 0) is 41.1 Å². The molecule has 3 aromatic carbocycles. The third-order valence-electron chi connectivity index (χ3n) is 4.13. The van der Waals surface area contributed by atoms with Crippen LogP contribution in [0, 0.1) is 0 Å². The first-order valence-corrected chi connectivity index (χ1v) is 10.7. The summed E-state index contributed by atoms with van der Waals surface area (Å²) in [6.45, 7) is -0.459. The molecule has 2 N–H and O–H groups in total. The second kappa shape index (κ2) is 8.50. The predicted molar refractivity (Wildman–Crippen MR) is 115 cm³/mol. The van der Waals surface area contributed by atoms with Crippen molar-refractivity contribution in [2.75, 3.05) is 17.1 Å². The summed E-state index contributed by atoms with van der Waals surface area (Å²) >= 11 is 5.83. The van der Waals surface area contributed by atoms with Gasteiger partial charge in [0, 0.05) is 10.6 Å². The Labute approximate surface area is 173 Å². The zero-order valence-electron chi connectivity index (χ0n) is 15.4. The minimum Gasteiger partial charge on any atom is -0.507 e. The Morgan fingerprint density at radius 3 is 2.52 bits per heavy atom. The van der Waals surface area contributed by atoms with Crippen molar-refractivity contribution in [3.05, 3.63) is 71.2 Å². The molecule has 0 fully saturated rings. The smallest absolute Gasteiger partial charge is 0.260 e. The van der Waals surface area contributed by atoms with Crippen molar-refractivity contribution in [1.82, 2.24) is 5.43 Å². The standard InChI is InChI=1S/C20H18ClN3O4S/c1-29(27,28)24(16-9-7-15(21)8-10-16)13-20(26)23-22-12-18-17-5-3-2-4-14(17)6-11-19(18)25/h2-12,25H,13H2,1H3,(H,23,26)/b22-12-. The second-order valence-electron chi connectivity index (χ2n) is 6.26. The summed E-state index contributed by atoms with van der Waals surface area (Å²) < 4.78 is 25.1. The monoisotopic (exact) mass is 431 g/mol. The van der Waals surface area contributed by atoms with Gasteiger partial charge in [-0.3, -0.25) is 9.10 Å². The fraction of sp³-hybridized carbons (Fsp3) is 0.100. The molecule has 0 unspecified atom stereocenters. The topological polar surface area (TPSA) is 99.1 Å². The Hall–Kier alpha value is -3.10. The van der Waals surface area contributed by atoms with E-state index >= 15 is 0 Å². The van der Waals surface area contributed by atoms with E-state index in [-0.39, 0.29) is 5.75 Å². The predicted octanol–water partition coefficient (Wildman–Crippen LogP) is 3.12. The van der Waals surface area contributed by atoms with Crippen LogP contribution in [0.5, 0.6) is 5.75 Å². The second-order valence-corrected chi connectivity index (χ2v) is 8.60. The fourth-order valence-corrected chi connectivity index (χ4v) is 3.74. The van der Waals surface area contributed by atoms with Crippen LogP contribution >= 0.6 is 11.6 Å². The SMILES string of the molecule is CS(=O)(=O)N(CC(=O)N/N=C\c1c(O)ccc2ccccc12)c1ccc(Cl)cc1. The van der Waals surface area contributed by atoms with Crippen molar-refractivity contribution in [2.45, 2.75) is 0 Å². The maximum Gasteiger partial charge on any atom is 0.260 e. The van der Waals surface area contributed by atoms with Crippen LogP contribution in [0.4, 0.5) is 5.69 Å². The number of phenolic OH excluding ortho intramolecular Hbond substituents is 1. The van der Waals surface area contributed by atoms with E-state index in [1.165, 1.54) is 36.5 Å². The fourth-order valence-electron chi connectivity index (χ4n) is 2.76. The van der Waals surface area contributed by atoms with Gasteiger partial charge in [0.05, 0.1) is 18.2 Å². The van der Waals surface area contributed by atoms with Gasteiger partial charge >= 0.3 is 0 Å². The van der Waals surface area contributed by atoms with Gasteiger partial charge in [-0.2, -0.15) is 5.10 Å². The molecule has 3 aromatic rings. The number of halogens is 1. The van der Waals surface area contributed by atoms with Gasteiger partial charge < -0.3 is 5.11 Å². The first-order valence-electron chi connectivity index (χ1n) is 8.51. The quantitative estimate of drug-likeness (QED) is 0.462. The lowest BCUT2D eigenvalue weighted by molar-refractivity contribution is -0.119. The number of nitrogens with one attached hydrogen (secondary N) is 1. The van der Waals surface area contributed by atoms with E-state index in [9.17, 15) is 18.3 Å². The maximum atomic E-state index is 12.3. The van der Waals surface area contributed by atoms with Gasteiger partial charge in [-0.1, -0.05) is 41.9 Å². The molecule has 0 saturated heterocycles. The summed E-state index contributed by atoms with van der Waals surface area (Å²) in [5.74, 6) is -0.623. The first-order chi connectivity index (χ1) is 13.8. The Kier molecular flexibility index (Phi) is 6.05. The lowest BCUT2D eigenvalue weighted by Gasteiger charge is -2.21. The summed E-state index contributed by atoms with van der Waals surface area (Å²) in [6.07, 6.45) is 2.33. The number of amides is 1. The number of nitrogens with zero attached hydrogens (tertiary/aromatic N) is 2. The van der Waals surface area contributed by atoms with E-state index in [1.54, 1.807) is 6.07 Å². The summed E-state index contributed by atoms with van der Waals surface area (Å²) in [7, 11) is -3.70. The van der Waals surface area contributed by atoms with Crippen LogP contribution in [0.25, 0.3) is 10.8 Å². The van der Waals surface area contributed by atoms with Crippen LogP contribution in [-0.4, -0.2) is 38.4 Å². The Balaban J connectivity index is 1.76. The molecule has 0 atom stereocenters. The lowest BCUT2D eigenvalue weighted by Crippen LogP contribution is -2.39. The third kappa shape index (κ3) is 5.04. The average molecular weight is 432 g/mol. The van der Waals surface area contributed by atoms with Crippen molar-refractivity contribution in [2.24, 2.45) is 5.10 Å². The van der Waals surface area contributed by atoms with Crippen LogP contribution in [0.15, 0.2) is 65.8 Å². The van der Waals surface area contributed by atoms with Crippen molar-refractivity contribution < 1.29 is 18.3 Å². The molecule has 0 heterocycles. The van der Waals surface area contributed by atoms with Crippen LogP contribution in [0.1, 0.15) is 5.56 Å². The molecule has 7 nitrogen and oxygen atoms in total. The number of carbonyl (C=O) groups is 1. The number of aromatic hydroxyl groups is 1. The zero-order chi connectivity index (χ0) is 21.0. The highest BCUT2D eigenvalue weighted by Gasteiger charge is 2.20. The van der Waals surface area contributed by atoms with E-state index in [0.29, 0.717) is 16.3 Å². The van der Waals surface area contributed by atoms with Gasteiger partial charge in [0.2, 0.25) is 10.0 Å². The number of hydrazone groups is 1. The molecule has 1 amide bonds. The number of sulfonamides is 1. The minimum atomic E-state index is -3.70. The summed E-state index contributed by atoms with van der Waals surface area (Å²) in [5.41, 5.74) is 3.05. The Morgan fingerprint density at radius 1 is 1.14 bits per heavy atom. The molecule has 0 saturated carbocycles. The van der Waals surface area contributed by atoms with E-state index in [2.05, 4.69) is 10.5 Å². The molecule has 0 aliphatic rings. The van der Waals surface area contributed by atoms with Gasteiger partial charge in [-0.25, -0.2) is 13.8 Å². The summed E-state index contributed by atoms with van der Waals surface area (Å²) in [5, 5.41) is 16.1. The van der Waals surface area contributed by atoms with E-state index in [0.717, 1.165) is 21.3 Å². The highest BCUT2D eigenvalue weighted by molar-refractivity contribution is 7.92. The van der Waals surface area contributed by atoms with E-state index < -0.39 is 22.5 Å². The van der Waals surface area contributed by atoms with Gasteiger partial charge in [0.15, 0.2) is 0 Å². The van der Waals surface area contributed by atoms with Crippen molar-refractivity contribution >= 4 is 50.2 Å². The number of rotatable bonds is 6. The normalized spacial score (nSPS) is 11.7. The molecule has 0 bridgehead atoms. The van der Waals surface area contributed by atoms with Crippen molar-refractivity contribution in [3.8, 4) is 5.75 Å². The van der Waals surface area contributed by atoms with E-state index in [4.69, 9.17) is 11.6 Å². The van der Waals surface area contributed by atoms with Crippen LogP contribution in [0.3, 0.4) is 0 Å². The first kappa shape index (κ1) is 20.6. The molecule has 0 aliphatic carbocycles. The molecular weight excluding hydrogens is 414 g/mol. The molecule has 9 heteroatoms. The molecular formula is C20H18ClN3O4S. The summed E-state index contributed by atoms with van der Waals surface area (Å²) in [6, 6.07) is 16.8. The average Bonchev–Trinajstić information content (AvgIpc) is 2.68. The van der Waals surface area contributed by atoms with Crippen LogP contribution in [-0.2, 0) is 14.8 Å². The van der Waals surface area contributed by atoms with Gasteiger partial charge in [0.25, 0.3) is 5.91 Å². The molecule has 29 heavy (non-hydrogen) atoms. The van der Waals surface area contributed by atoms with Gasteiger partial charge in [-0.15, -0.1) is 0 Å². The molecule has 3 rings (SSSR count). The van der Waals surface area contributed by atoms with Crippen LogP contribution < -0.4 is 9.73 Å². The lowest BCUT2D eigenvalue weighted by atomic mass is 10.0. The number of hydrogen-bond donors (Lipinski definition) is 2. The van der Waals surface area contributed by atoms with Gasteiger partial charge in [0.1, 0.15) is 12.3 Å². The highest BCUT2D eigenvalue weighted by Crippen LogP contribution is 2.25. The van der Waals surface area contributed by atoms with Crippen LogP contribution in [0.2, 0.25) is 5.02 Å². The number of hydrogen-bond acceptors (Lipinski definition) is 5. The third-order valence-corrected chi connectivity index (χ3v) is 5.53. The van der Waals surface area contributed by atoms with Crippen molar-refractivity contribution in [1.29, 1.82) is 0 Å². The maximum absolute atomic E-state index is 12.3. The summed E-state index contributed by atoms with van der Waals surface area (Å²) in [4.78, 5) is 12.3. The zero-order valence-corrected chi connectivity index (χ0v) is 17.0. The number of anilines is 1. The largest absolute Gasteiger partial charge is 0.507 e. The Morgan fingerprint density at radius 2 is 1.83 bits per heavy atom. The minimum absolute atomic E-state index is 0.0145. The molecule has 0 radical (unpaired) electrons. The van der Waals surface area contributed by atoms with Crippen molar-refractivity contribution in [3.63, 3.8) is 0 Å². The molecule has 0 spiro atoms. The molecule has 0 aliphatic heterocycles. The Bertz CT molecular complexity index is 1180. The molecule has 0 aromatic heterocycles. The number of phenols is 1. The van der Waals surface area contributed by atoms with E-state index in [1.807, 2.05) is 24.3 Å². The molecule has 150 valence electrons. The highest BCUT2D eigenvalue weighted by atomic mass is 35.5. The number of carbonyl (C=O) groups excluding carboxylic acids is 1. The number of fused-ring (bicyclic) bond motifs is 1.